The summed E-state index contributed by atoms with van der Waals surface area (Å²) >= 11 is 0. The van der Waals surface area contributed by atoms with E-state index in [0.717, 1.165) is 51.6 Å². The first-order valence-electron chi connectivity index (χ1n) is 6.82. The van der Waals surface area contributed by atoms with Gasteiger partial charge in [0.1, 0.15) is 6.10 Å². The van der Waals surface area contributed by atoms with Crippen LogP contribution in [0.4, 0.5) is 5.82 Å². The summed E-state index contributed by atoms with van der Waals surface area (Å²) in [4.78, 5) is 13.2. The van der Waals surface area contributed by atoms with Crippen molar-refractivity contribution in [3.63, 3.8) is 0 Å². The number of morpholine rings is 1. The first-order chi connectivity index (χ1) is 9.33. The summed E-state index contributed by atoms with van der Waals surface area (Å²) < 4.78 is 11.4. The van der Waals surface area contributed by atoms with Gasteiger partial charge in [-0.15, -0.1) is 0 Å². The molecular weight excluding hydrogens is 244 g/mol. The Morgan fingerprint density at radius 3 is 2.74 bits per heavy atom. The van der Waals surface area contributed by atoms with Crippen molar-refractivity contribution in [3.8, 4) is 5.88 Å². The fourth-order valence-corrected chi connectivity index (χ4v) is 2.54. The van der Waals surface area contributed by atoms with Crippen LogP contribution >= 0.6 is 0 Å². The molecule has 1 unspecified atom stereocenters. The quantitative estimate of drug-likeness (QED) is 0.787. The summed E-state index contributed by atoms with van der Waals surface area (Å²) in [5.74, 6) is 1.50. The molecule has 6 heteroatoms. The molecule has 0 spiro atoms. The summed E-state index contributed by atoms with van der Waals surface area (Å²) in [5, 5.41) is 0. The van der Waals surface area contributed by atoms with Gasteiger partial charge >= 0.3 is 0 Å². The summed E-state index contributed by atoms with van der Waals surface area (Å²) in [5.41, 5.74) is 0. The van der Waals surface area contributed by atoms with Crippen molar-refractivity contribution in [1.82, 2.24) is 14.9 Å². The SMILES string of the molecule is CN1CCC(Oc2nccnc2N2CCOCC2)C1. The zero-order valence-electron chi connectivity index (χ0n) is 11.3. The number of hydrogen-bond acceptors (Lipinski definition) is 6. The molecule has 1 aromatic heterocycles. The van der Waals surface area contributed by atoms with Gasteiger partial charge in [-0.1, -0.05) is 0 Å². The zero-order valence-corrected chi connectivity index (χ0v) is 11.3. The minimum Gasteiger partial charge on any atom is -0.470 e. The van der Waals surface area contributed by atoms with Gasteiger partial charge in [-0.2, -0.15) is 0 Å². The monoisotopic (exact) mass is 264 g/mol. The van der Waals surface area contributed by atoms with E-state index < -0.39 is 0 Å². The summed E-state index contributed by atoms with van der Waals surface area (Å²) in [6.07, 6.45) is 4.69. The number of anilines is 1. The van der Waals surface area contributed by atoms with Crippen LogP contribution in [0.2, 0.25) is 0 Å². The number of likely N-dealkylation sites (N-methyl/N-ethyl adjacent to an activating group) is 1. The second kappa shape index (κ2) is 5.71. The Hall–Kier alpha value is -1.40. The fraction of sp³-hybridized carbons (Fsp3) is 0.692. The highest BCUT2D eigenvalue weighted by Crippen LogP contribution is 2.26. The van der Waals surface area contributed by atoms with Gasteiger partial charge in [0, 0.05) is 38.6 Å². The summed E-state index contributed by atoms with van der Waals surface area (Å²) in [6.45, 7) is 5.21. The van der Waals surface area contributed by atoms with E-state index in [1.165, 1.54) is 0 Å². The standard InChI is InChI=1S/C13H20N4O2/c1-16-5-2-11(10-16)19-13-12(14-3-4-15-13)17-6-8-18-9-7-17/h3-4,11H,2,5-10H2,1H3. The van der Waals surface area contributed by atoms with Gasteiger partial charge in [0.15, 0.2) is 5.82 Å². The minimum absolute atomic E-state index is 0.224. The van der Waals surface area contributed by atoms with E-state index in [4.69, 9.17) is 9.47 Å². The average Bonchev–Trinajstić information content (AvgIpc) is 2.86. The number of aromatic nitrogens is 2. The maximum atomic E-state index is 6.03. The molecule has 0 radical (unpaired) electrons. The lowest BCUT2D eigenvalue weighted by Crippen LogP contribution is -2.37. The Morgan fingerprint density at radius 1 is 1.21 bits per heavy atom. The van der Waals surface area contributed by atoms with Crippen LogP contribution in [0.3, 0.4) is 0 Å². The number of likely N-dealkylation sites (tertiary alicyclic amines) is 1. The first kappa shape index (κ1) is 12.6. The Morgan fingerprint density at radius 2 is 2.00 bits per heavy atom. The highest BCUT2D eigenvalue weighted by atomic mass is 16.5. The molecule has 2 saturated heterocycles. The smallest absolute Gasteiger partial charge is 0.257 e. The third-order valence-electron chi connectivity index (χ3n) is 3.58. The van der Waals surface area contributed by atoms with Gasteiger partial charge in [-0.05, 0) is 13.5 Å². The van der Waals surface area contributed by atoms with Gasteiger partial charge in [0.25, 0.3) is 5.88 Å². The van der Waals surface area contributed by atoms with Crippen molar-refractivity contribution in [2.45, 2.75) is 12.5 Å². The van der Waals surface area contributed by atoms with Crippen molar-refractivity contribution in [1.29, 1.82) is 0 Å². The topological polar surface area (TPSA) is 50.7 Å². The van der Waals surface area contributed by atoms with Crippen LogP contribution in [0.1, 0.15) is 6.42 Å². The van der Waals surface area contributed by atoms with Crippen LogP contribution in [-0.4, -0.2) is 67.4 Å². The molecule has 0 saturated carbocycles. The number of hydrogen-bond donors (Lipinski definition) is 0. The Labute approximate surface area is 113 Å². The molecule has 2 aliphatic rings. The van der Waals surface area contributed by atoms with Gasteiger partial charge in [-0.25, -0.2) is 9.97 Å². The van der Waals surface area contributed by atoms with E-state index >= 15 is 0 Å². The van der Waals surface area contributed by atoms with Gasteiger partial charge in [0.05, 0.1) is 13.2 Å². The normalized spacial score (nSPS) is 24.7. The van der Waals surface area contributed by atoms with Gasteiger partial charge in [-0.3, -0.25) is 0 Å². The van der Waals surface area contributed by atoms with Crippen molar-refractivity contribution >= 4 is 5.82 Å². The van der Waals surface area contributed by atoms with Crippen molar-refractivity contribution in [2.75, 3.05) is 51.3 Å². The van der Waals surface area contributed by atoms with Crippen molar-refractivity contribution in [2.24, 2.45) is 0 Å². The van der Waals surface area contributed by atoms with Gasteiger partial charge < -0.3 is 19.3 Å². The van der Waals surface area contributed by atoms with Crippen LogP contribution < -0.4 is 9.64 Å². The second-order valence-electron chi connectivity index (χ2n) is 5.08. The fourth-order valence-electron chi connectivity index (χ4n) is 2.54. The summed E-state index contributed by atoms with van der Waals surface area (Å²) in [6, 6.07) is 0. The Balaban J connectivity index is 1.73. The predicted octanol–water partition coefficient (Wildman–Crippen LogP) is 0.396. The van der Waals surface area contributed by atoms with E-state index in [-0.39, 0.29) is 6.10 Å². The molecule has 2 aliphatic heterocycles. The van der Waals surface area contributed by atoms with Crippen LogP contribution in [0.25, 0.3) is 0 Å². The molecule has 0 aliphatic carbocycles. The average molecular weight is 264 g/mol. The zero-order chi connectivity index (χ0) is 13.1. The van der Waals surface area contributed by atoms with E-state index in [1.807, 2.05) is 0 Å². The molecule has 104 valence electrons. The van der Waals surface area contributed by atoms with E-state index in [2.05, 4.69) is 26.8 Å². The third-order valence-corrected chi connectivity index (χ3v) is 3.58. The predicted molar refractivity (Wildman–Crippen MR) is 71.6 cm³/mol. The van der Waals surface area contributed by atoms with E-state index in [1.54, 1.807) is 12.4 Å². The largest absolute Gasteiger partial charge is 0.470 e. The van der Waals surface area contributed by atoms with Crippen molar-refractivity contribution in [3.05, 3.63) is 12.4 Å². The summed E-state index contributed by atoms with van der Waals surface area (Å²) in [7, 11) is 2.11. The lowest BCUT2D eigenvalue weighted by atomic mass is 10.3. The molecule has 19 heavy (non-hydrogen) atoms. The molecule has 3 heterocycles. The molecule has 0 aromatic carbocycles. The maximum Gasteiger partial charge on any atom is 0.257 e. The van der Waals surface area contributed by atoms with E-state index in [9.17, 15) is 0 Å². The van der Waals surface area contributed by atoms with Gasteiger partial charge in [0.2, 0.25) is 0 Å². The molecule has 6 nitrogen and oxygen atoms in total. The second-order valence-corrected chi connectivity index (χ2v) is 5.08. The number of nitrogens with zero attached hydrogens (tertiary/aromatic N) is 4. The number of ether oxygens (including phenoxy) is 2. The highest BCUT2D eigenvalue weighted by Gasteiger charge is 2.24. The molecule has 0 N–H and O–H groups in total. The van der Waals surface area contributed by atoms with Crippen LogP contribution in [0.5, 0.6) is 5.88 Å². The molecule has 0 bridgehead atoms. The Kier molecular flexibility index (Phi) is 3.79. The lowest BCUT2D eigenvalue weighted by Gasteiger charge is -2.29. The molecule has 1 atom stereocenters. The lowest BCUT2D eigenvalue weighted by molar-refractivity contribution is 0.121. The van der Waals surface area contributed by atoms with Crippen molar-refractivity contribution < 1.29 is 9.47 Å². The molecule has 1 aromatic rings. The number of rotatable bonds is 3. The van der Waals surface area contributed by atoms with Crippen LogP contribution in [-0.2, 0) is 4.74 Å². The molecular formula is C13H20N4O2. The molecule has 3 rings (SSSR count). The maximum absolute atomic E-state index is 6.03. The Bertz CT molecular complexity index is 423. The molecule has 0 amide bonds. The van der Waals surface area contributed by atoms with Crippen LogP contribution in [0.15, 0.2) is 12.4 Å². The molecule has 2 fully saturated rings. The van der Waals surface area contributed by atoms with Crippen LogP contribution in [0, 0.1) is 0 Å². The third kappa shape index (κ3) is 2.96. The highest BCUT2D eigenvalue weighted by molar-refractivity contribution is 5.48. The minimum atomic E-state index is 0.224. The first-order valence-corrected chi connectivity index (χ1v) is 6.82. The van der Waals surface area contributed by atoms with E-state index in [0.29, 0.717) is 5.88 Å².